The SMILES string of the molecule is COCCN1C(=O)C(=O)/C(=C(\O)c2ccc3c(c2)CC(C)O3)C1c1cccnc1. The van der Waals surface area contributed by atoms with E-state index in [-0.39, 0.29) is 30.6 Å². The summed E-state index contributed by atoms with van der Waals surface area (Å²) in [5, 5.41) is 11.1. The summed E-state index contributed by atoms with van der Waals surface area (Å²) in [4.78, 5) is 31.1. The molecule has 1 amide bonds. The van der Waals surface area contributed by atoms with Crippen molar-refractivity contribution >= 4 is 17.4 Å². The Morgan fingerprint density at radius 1 is 1.34 bits per heavy atom. The predicted octanol–water partition coefficient (Wildman–Crippen LogP) is 2.47. The van der Waals surface area contributed by atoms with E-state index in [1.54, 1.807) is 36.7 Å². The van der Waals surface area contributed by atoms with Gasteiger partial charge in [0.15, 0.2) is 0 Å². The summed E-state index contributed by atoms with van der Waals surface area (Å²) in [6.45, 7) is 2.48. The second-order valence-electron chi connectivity index (χ2n) is 7.23. The number of hydrogen-bond acceptors (Lipinski definition) is 6. The second-order valence-corrected chi connectivity index (χ2v) is 7.23. The average molecular weight is 394 g/mol. The van der Waals surface area contributed by atoms with Crippen molar-refractivity contribution in [2.24, 2.45) is 0 Å². The number of pyridine rings is 1. The van der Waals surface area contributed by atoms with Gasteiger partial charge in [-0.3, -0.25) is 14.6 Å². The molecule has 1 aromatic heterocycles. The molecule has 0 radical (unpaired) electrons. The number of Topliss-reactive ketones (excluding diaryl/α,β-unsaturated/α-hetero) is 1. The molecule has 2 aliphatic heterocycles. The molecule has 0 spiro atoms. The predicted molar refractivity (Wildman–Crippen MR) is 105 cm³/mol. The molecular weight excluding hydrogens is 372 g/mol. The lowest BCUT2D eigenvalue weighted by Gasteiger charge is -2.24. The highest BCUT2D eigenvalue weighted by atomic mass is 16.5. The van der Waals surface area contributed by atoms with Crippen LogP contribution >= 0.6 is 0 Å². The highest BCUT2D eigenvalue weighted by molar-refractivity contribution is 6.46. The Hall–Kier alpha value is -3.19. The molecule has 1 aromatic carbocycles. The fourth-order valence-electron chi connectivity index (χ4n) is 3.91. The minimum absolute atomic E-state index is 0.0611. The quantitative estimate of drug-likeness (QED) is 0.476. The molecule has 7 nitrogen and oxygen atoms in total. The monoisotopic (exact) mass is 394 g/mol. The molecule has 2 aliphatic rings. The summed E-state index contributed by atoms with van der Waals surface area (Å²) >= 11 is 0. The molecule has 150 valence electrons. The first-order chi connectivity index (χ1) is 14.0. The fourth-order valence-corrected chi connectivity index (χ4v) is 3.91. The number of carbonyl (C=O) groups excluding carboxylic acids is 2. The van der Waals surface area contributed by atoms with E-state index < -0.39 is 17.7 Å². The van der Waals surface area contributed by atoms with Gasteiger partial charge in [0.2, 0.25) is 0 Å². The van der Waals surface area contributed by atoms with E-state index in [9.17, 15) is 14.7 Å². The van der Waals surface area contributed by atoms with Crippen molar-refractivity contribution < 1.29 is 24.2 Å². The summed E-state index contributed by atoms with van der Waals surface area (Å²) in [5.74, 6) is -0.786. The molecule has 1 saturated heterocycles. The number of rotatable bonds is 5. The van der Waals surface area contributed by atoms with Gasteiger partial charge in [-0.1, -0.05) is 6.07 Å². The molecular formula is C22H22N2O5. The summed E-state index contributed by atoms with van der Waals surface area (Å²) in [7, 11) is 1.53. The number of ether oxygens (including phenoxy) is 2. The molecule has 2 atom stereocenters. The van der Waals surface area contributed by atoms with Crippen LogP contribution in [-0.2, 0) is 20.7 Å². The number of nitrogens with zero attached hydrogens (tertiary/aromatic N) is 2. The number of methoxy groups -OCH3 is 1. The number of likely N-dealkylation sites (tertiary alicyclic amines) is 1. The fraction of sp³-hybridized carbons (Fsp3) is 0.318. The Balaban J connectivity index is 1.82. The van der Waals surface area contributed by atoms with E-state index in [0.717, 1.165) is 17.7 Å². The average Bonchev–Trinajstić information content (AvgIpc) is 3.22. The third-order valence-electron chi connectivity index (χ3n) is 5.25. The van der Waals surface area contributed by atoms with Gasteiger partial charge in [0, 0.05) is 38.0 Å². The zero-order valence-corrected chi connectivity index (χ0v) is 16.3. The molecule has 0 bridgehead atoms. The van der Waals surface area contributed by atoms with Crippen molar-refractivity contribution in [2.45, 2.75) is 25.5 Å². The lowest BCUT2D eigenvalue weighted by Crippen LogP contribution is -2.32. The van der Waals surface area contributed by atoms with Crippen LogP contribution in [0, 0.1) is 0 Å². The number of aliphatic hydroxyl groups is 1. The topological polar surface area (TPSA) is 89.0 Å². The van der Waals surface area contributed by atoms with Crippen LogP contribution in [0.2, 0.25) is 0 Å². The molecule has 29 heavy (non-hydrogen) atoms. The van der Waals surface area contributed by atoms with Crippen molar-refractivity contribution in [1.29, 1.82) is 0 Å². The minimum atomic E-state index is -0.720. The number of ketones is 1. The van der Waals surface area contributed by atoms with Gasteiger partial charge in [-0.15, -0.1) is 0 Å². The Bertz CT molecular complexity index is 986. The first-order valence-corrected chi connectivity index (χ1v) is 9.48. The summed E-state index contributed by atoms with van der Waals surface area (Å²) in [5.41, 5.74) is 2.17. The number of hydrogen-bond donors (Lipinski definition) is 1. The zero-order chi connectivity index (χ0) is 20.5. The number of carbonyl (C=O) groups is 2. The van der Waals surface area contributed by atoms with Crippen molar-refractivity contribution in [3.8, 4) is 5.75 Å². The van der Waals surface area contributed by atoms with Crippen molar-refractivity contribution in [1.82, 2.24) is 9.88 Å². The largest absolute Gasteiger partial charge is 0.507 e. The second kappa shape index (κ2) is 7.67. The Morgan fingerprint density at radius 2 is 2.17 bits per heavy atom. The lowest BCUT2D eigenvalue weighted by atomic mass is 9.95. The van der Waals surface area contributed by atoms with Crippen LogP contribution < -0.4 is 4.74 Å². The number of aliphatic hydroxyl groups excluding tert-OH is 1. The molecule has 7 heteroatoms. The normalized spacial score (nSPS) is 22.6. The Kier molecular flexibility index (Phi) is 5.07. The molecule has 4 rings (SSSR count). The van der Waals surface area contributed by atoms with Crippen LogP contribution in [0.5, 0.6) is 5.75 Å². The van der Waals surface area contributed by atoms with Crippen molar-refractivity contribution in [3.63, 3.8) is 0 Å². The van der Waals surface area contributed by atoms with Crippen LogP contribution in [0.1, 0.15) is 29.7 Å². The molecule has 1 N–H and O–H groups in total. The van der Waals surface area contributed by atoms with E-state index in [1.807, 2.05) is 13.0 Å². The maximum atomic E-state index is 12.9. The third kappa shape index (κ3) is 3.38. The molecule has 0 saturated carbocycles. The highest BCUT2D eigenvalue weighted by Gasteiger charge is 2.46. The van der Waals surface area contributed by atoms with Crippen LogP contribution in [0.3, 0.4) is 0 Å². The van der Waals surface area contributed by atoms with Crippen molar-refractivity contribution in [2.75, 3.05) is 20.3 Å². The van der Waals surface area contributed by atoms with Crippen LogP contribution in [0.15, 0.2) is 48.3 Å². The molecule has 2 aromatic rings. The first kappa shape index (κ1) is 19.1. The van der Waals surface area contributed by atoms with E-state index in [2.05, 4.69) is 4.98 Å². The number of aromatic nitrogens is 1. The Morgan fingerprint density at radius 3 is 2.90 bits per heavy atom. The summed E-state index contributed by atoms with van der Waals surface area (Å²) in [6, 6.07) is 8.11. The maximum absolute atomic E-state index is 12.9. The summed E-state index contributed by atoms with van der Waals surface area (Å²) < 4.78 is 10.8. The summed E-state index contributed by atoms with van der Waals surface area (Å²) in [6.07, 6.45) is 4.01. The molecule has 1 fully saturated rings. The number of benzene rings is 1. The maximum Gasteiger partial charge on any atom is 0.295 e. The minimum Gasteiger partial charge on any atom is -0.507 e. The van der Waals surface area contributed by atoms with Gasteiger partial charge in [-0.25, -0.2) is 0 Å². The van der Waals surface area contributed by atoms with E-state index in [0.29, 0.717) is 11.1 Å². The van der Waals surface area contributed by atoms with Gasteiger partial charge >= 0.3 is 0 Å². The standard InChI is InChI=1S/C22H22N2O5/c1-13-10-16-11-14(5-6-17(16)29-13)20(25)18-19(15-4-3-7-23-12-15)24(8-9-28-2)22(27)21(18)26/h3-7,11-13,19,25H,8-10H2,1-2H3/b20-18-. The van der Waals surface area contributed by atoms with Crippen LogP contribution in [-0.4, -0.2) is 53.0 Å². The lowest BCUT2D eigenvalue weighted by molar-refractivity contribution is -0.140. The number of amides is 1. The molecule has 0 aliphatic carbocycles. The Labute approximate surface area is 168 Å². The first-order valence-electron chi connectivity index (χ1n) is 9.48. The molecule has 2 unspecified atom stereocenters. The van der Waals surface area contributed by atoms with Gasteiger partial charge in [-0.05, 0) is 42.3 Å². The van der Waals surface area contributed by atoms with E-state index >= 15 is 0 Å². The highest BCUT2D eigenvalue weighted by Crippen LogP contribution is 2.40. The third-order valence-corrected chi connectivity index (χ3v) is 5.25. The van der Waals surface area contributed by atoms with Crippen LogP contribution in [0.25, 0.3) is 5.76 Å². The smallest absolute Gasteiger partial charge is 0.295 e. The van der Waals surface area contributed by atoms with Gasteiger partial charge in [0.05, 0.1) is 18.2 Å². The zero-order valence-electron chi connectivity index (χ0n) is 16.3. The van der Waals surface area contributed by atoms with E-state index in [4.69, 9.17) is 9.47 Å². The number of fused-ring (bicyclic) bond motifs is 1. The van der Waals surface area contributed by atoms with Gasteiger partial charge in [0.1, 0.15) is 17.6 Å². The van der Waals surface area contributed by atoms with Gasteiger partial charge < -0.3 is 19.5 Å². The van der Waals surface area contributed by atoms with Gasteiger partial charge in [-0.2, -0.15) is 0 Å². The van der Waals surface area contributed by atoms with Crippen molar-refractivity contribution in [3.05, 3.63) is 65.0 Å². The van der Waals surface area contributed by atoms with E-state index in [1.165, 1.54) is 12.0 Å². The van der Waals surface area contributed by atoms with Crippen LogP contribution in [0.4, 0.5) is 0 Å². The molecule has 3 heterocycles. The van der Waals surface area contributed by atoms with Gasteiger partial charge in [0.25, 0.3) is 11.7 Å².